The van der Waals surface area contributed by atoms with E-state index in [1.165, 1.54) is 0 Å². The molecule has 17 heavy (non-hydrogen) atoms. The maximum atomic E-state index is 11.6. The molecule has 3 N–H and O–H groups in total. The standard InChI is InChI=1S/C13H11ClN2O/c14-10-7-5-9(6-8-10)11-3-1-2-4-12(11)13(17)16-15/h1-8H,15H2,(H,16,17). The Balaban J connectivity index is 2.51. The van der Waals surface area contributed by atoms with Crippen LogP contribution in [-0.2, 0) is 0 Å². The van der Waals surface area contributed by atoms with Crippen molar-refractivity contribution in [1.82, 2.24) is 5.43 Å². The van der Waals surface area contributed by atoms with Crippen LogP contribution in [0.2, 0.25) is 5.02 Å². The van der Waals surface area contributed by atoms with Crippen molar-refractivity contribution < 1.29 is 4.79 Å². The molecule has 0 saturated carbocycles. The molecule has 0 atom stereocenters. The summed E-state index contributed by atoms with van der Waals surface area (Å²) in [5, 5.41) is 0.662. The number of benzene rings is 2. The number of hydrogen-bond acceptors (Lipinski definition) is 2. The molecule has 2 aromatic carbocycles. The maximum absolute atomic E-state index is 11.6. The van der Waals surface area contributed by atoms with E-state index < -0.39 is 0 Å². The average Bonchev–Trinajstić information content (AvgIpc) is 2.39. The summed E-state index contributed by atoms with van der Waals surface area (Å²) >= 11 is 5.83. The van der Waals surface area contributed by atoms with E-state index in [2.05, 4.69) is 5.43 Å². The SMILES string of the molecule is NNC(=O)c1ccccc1-c1ccc(Cl)cc1. The molecule has 0 aromatic heterocycles. The number of halogens is 1. The van der Waals surface area contributed by atoms with Crippen LogP contribution in [0.1, 0.15) is 10.4 Å². The fourth-order valence-corrected chi connectivity index (χ4v) is 1.77. The molecule has 3 nitrogen and oxygen atoms in total. The summed E-state index contributed by atoms with van der Waals surface area (Å²) in [4.78, 5) is 11.6. The van der Waals surface area contributed by atoms with E-state index in [1.54, 1.807) is 24.3 Å². The number of hydrazine groups is 1. The van der Waals surface area contributed by atoms with E-state index >= 15 is 0 Å². The summed E-state index contributed by atoms with van der Waals surface area (Å²) in [5.74, 6) is 4.84. The van der Waals surface area contributed by atoms with Crippen LogP contribution in [-0.4, -0.2) is 5.91 Å². The molecule has 0 aliphatic heterocycles. The second-order valence-electron chi connectivity index (χ2n) is 3.53. The zero-order chi connectivity index (χ0) is 12.3. The molecule has 86 valence electrons. The largest absolute Gasteiger partial charge is 0.290 e. The Morgan fingerprint density at radius 3 is 2.35 bits per heavy atom. The fourth-order valence-electron chi connectivity index (χ4n) is 1.64. The molecule has 0 aliphatic carbocycles. The molecule has 0 saturated heterocycles. The first kappa shape index (κ1) is 11.6. The molecule has 4 heteroatoms. The lowest BCUT2D eigenvalue weighted by molar-refractivity contribution is 0.0954. The van der Waals surface area contributed by atoms with Crippen LogP contribution in [0, 0.1) is 0 Å². The van der Waals surface area contributed by atoms with Gasteiger partial charge in [0, 0.05) is 10.6 Å². The van der Waals surface area contributed by atoms with Crippen molar-refractivity contribution in [3.8, 4) is 11.1 Å². The third-order valence-electron chi connectivity index (χ3n) is 2.46. The molecule has 0 spiro atoms. The topological polar surface area (TPSA) is 55.1 Å². The number of amides is 1. The molecule has 1 amide bonds. The van der Waals surface area contributed by atoms with Gasteiger partial charge in [0.05, 0.1) is 0 Å². The van der Waals surface area contributed by atoms with Gasteiger partial charge in [0.1, 0.15) is 0 Å². The quantitative estimate of drug-likeness (QED) is 0.486. The highest BCUT2D eigenvalue weighted by molar-refractivity contribution is 6.30. The highest BCUT2D eigenvalue weighted by Gasteiger charge is 2.10. The first-order chi connectivity index (χ1) is 8.22. The van der Waals surface area contributed by atoms with Gasteiger partial charge in [-0.1, -0.05) is 41.9 Å². The molecule has 0 radical (unpaired) electrons. The fraction of sp³-hybridized carbons (Fsp3) is 0. The smallest absolute Gasteiger partial charge is 0.265 e. The Hall–Kier alpha value is -1.84. The molecule has 0 unspecified atom stereocenters. The van der Waals surface area contributed by atoms with E-state index in [4.69, 9.17) is 17.4 Å². The van der Waals surface area contributed by atoms with Gasteiger partial charge < -0.3 is 0 Å². The molecule has 0 aliphatic rings. The van der Waals surface area contributed by atoms with Crippen molar-refractivity contribution in [2.24, 2.45) is 5.84 Å². The number of hydrogen-bond donors (Lipinski definition) is 2. The minimum Gasteiger partial charge on any atom is -0.290 e. The molecular weight excluding hydrogens is 236 g/mol. The number of nitrogens with two attached hydrogens (primary N) is 1. The van der Waals surface area contributed by atoms with Crippen molar-refractivity contribution in [3.05, 3.63) is 59.1 Å². The van der Waals surface area contributed by atoms with Gasteiger partial charge in [-0.3, -0.25) is 10.2 Å². The molecule has 0 bridgehead atoms. The normalized spacial score (nSPS) is 10.0. The van der Waals surface area contributed by atoms with Crippen LogP contribution in [0.15, 0.2) is 48.5 Å². The summed E-state index contributed by atoms with van der Waals surface area (Å²) in [6, 6.07) is 14.6. The molecule has 0 heterocycles. The lowest BCUT2D eigenvalue weighted by Crippen LogP contribution is -2.30. The van der Waals surface area contributed by atoms with Gasteiger partial charge in [0.25, 0.3) is 5.91 Å². The van der Waals surface area contributed by atoms with Gasteiger partial charge in [-0.2, -0.15) is 0 Å². The number of nitrogens with one attached hydrogen (secondary N) is 1. The average molecular weight is 247 g/mol. The van der Waals surface area contributed by atoms with E-state index in [0.29, 0.717) is 10.6 Å². The Morgan fingerprint density at radius 2 is 1.71 bits per heavy atom. The molecule has 2 rings (SSSR count). The highest BCUT2D eigenvalue weighted by Crippen LogP contribution is 2.24. The minimum atomic E-state index is -0.310. The van der Waals surface area contributed by atoms with Gasteiger partial charge in [0.2, 0.25) is 0 Å². The van der Waals surface area contributed by atoms with Crippen LogP contribution in [0.4, 0.5) is 0 Å². The van der Waals surface area contributed by atoms with E-state index in [-0.39, 0.29) is 5.91 Å². The van der Waals surface area contributed by atoms with E-state index in [0.717, 1.165) is 11.1 Å². The minimum absolute atomic E-state index is 0.310. The first-order valence-electron chi connectivity index (χ1n) is 5.08. The Kier molecular flexibility index (Phi) is 3.42. The van der Waals surface area contributed by atoms with Crippen LogP contribution >= 0.6 is 11.6 Å². The number of nitrogen functional groups attached to an aromatic ring is 1. The monoisotopic (exact) mass is 246 g/mol. The van der Waals surface area contributed by atoms with Gasteiger partial charge >= 0.3 is 0 Å². The van der Waals surface area contributed by atoms with Gasteiger partial charge in [-0.15, -0.1) is 0 Å². The Labute approximate surface area is 104 Å². The van der Waals surface area contributed by atoms with E-state index in [1.807, 2.05) is 24.3 Å². The Bertz CT molecular complexity index is 537. The predicted molar refractivity (Wildman–Crippen MR) is 68.5 cm³/mol. The highest BCUT2D eigenvalue weighted by atomic mass is 35.5. The van der Waals surface area contributed by atoms with Crippen LogP contribution in [0.3, 0.4) is 0 Å². The van der Waals surface area contributed by atoms with Crippen molar-refractivity contribution in [2.45, 2.75) is 0 Å². The van der Waals surface area contributed by atoms with Crippen LogP contribution in [0.25, 0.3) is 11.1 Å². The second-order valence-corrected chi connectivity index (χ2v) is 3.96. The van der Waals surface area contributed by atoms with Crippen molar-refractivity contribution in [2.75, 3.05) is 0 Å². The lowest BCUT2D eigenvalue weighted by Gasteiger charge is -2.08. The van der Waals surface area contributed by atoms with Crippen molar-refractivity contribution in [1.29, 1.82) is 0 Å². The molecule has 0 fully saturated rings. The number of carbonyl (C=O) groups excluding carboxylic acids is 1. The zero-order valence-electron chi connectivity index (χ0n) is 8.98. The summed E-state index contributed by atoms with van der Waals surface area (Å²) in [7, 11) is 0. The molecule has 2 aromatic rings. The molecular formula is C13H11ClN2O. The summed E-state index contributed by atoms with van der Waals surface area (Å²) in [6.07, 6.45) is 0. The van der Waals surface area contributed by atoms with Gasteiger partial charge in [-0.05, 0) is 29.3 Å². The predicted octanol–water partition coefficient (Wildman–Crippen LogP) is 2.61. The second kappa shape index (κ2) is 4.99. The van der Waals surface area contributed by atoms with Gasteiger partial charge in [-0.25, -0.2) is 5.84 Å². The first-order valence-corrected chi connectivity index (χ1v) is 5.46. The van der Waals surface area contributed by atoms with Crippen molar-refractivity contribution >= 4 is 17.5 Å². The number of rotatable bonds is 2. The third kappa shape index (κ3) is 2.46. The van der Waals surface area contributed by atoms with E-state index in [9.17, 15) is 4.79 Å². The zero-order valence-corrected chi connectivity index (χ0v) is 9.74. The van der Waals surface area contributed by atoms with Crippen LogP contribution < -0.4 is 11.3 Å². The van der Waals surface area contributed by atoms with Crippen LogP contribution in [0.5, 0.6) is 0 Å². The summed E-state index contributed by atoms with van der Waals surface area (Å²) in [6.45, 7) is 0. The Morgan fingerprint density at radius 1 is 1.06 bits per heavy atom. The summed E-state index contributed by atoms with van der Waals surface area (Å²) in [5.41, 5.74) is 4.43. The van der Waals surface area contributed by atoms with Crippen molar-refractivity contribution in [3.63, 3.8) is 0 Å². The summed E-state index contributed by atoms with van der Waals surface area (Å²) < 4.78 is 0. The number of carbonyl (C=O) groups is 1. The maximum Gasteiger partial charge on any atom is 0.265 e. The van der Waals surface area contributed by atoms with Gasteiger partial charge in [0.15, 0.2) is 0 Å². The third-order valence-corrected chi connectivity index (χ3v) is 2.71. The lowest BCUT2D eigenvalue weighted by atomic mass is 9.99.